The number of hydrogen-bond donors (Lipinski definition) is 0. The molecule has 0 bridgehead atoms. The summed E-state index contributed by atoms with van der Waals surface area (Å²) in [5.41, 5.74) is 0.412. The fraction of sp³-hybridized carbons (Fsp3) is 0.900. The first-order valence-electron chi connectivity index (χ1n) is 16.4. The number of hydrogen-bond acceptors (Lipinski definition) is 7. The van der Waals surface area contributed by atoms with Crippen LogP contribution in [0.3, 0.4) is 0 Å². The molecule has 0 aliphatic rings. The highest BCUT2D eigenvalue weighted by molar-refractivity contribution is 6.90. The van der Waals surface area contributed by atoms with Crippen molar-refractivity contribution >= 4 is 48.3 Å². The summed E-state index contributed by atoms with van der Waals surface area (Å²) in [7, 11) is -6.67. The third-order valence-electron chi connectivity index (χ3n) is 6.97. The van der Waals surface area contributed by atoms with Crippen molar-refractivity contribution in [3.63, 3.8) is 0 Å². The van der Waals surface area contributed by atoms with Crippen LogP contribution in [-0.4, -0.2) is 99.3 Å². The maximum Gasteiger partial charge on any atom is 0.333 e. The van der Waals surface area contributed by atoms with E-state index in [-0.39, 0.29) is 12.1 Å². The van der Waals surface area contributed by atoms with E-state index in [1.807, 2.05) is 0 Å². The number of carbonyl (C=O) groups is 1. The van der Waals surface area contributed by atoms with Gasteiger partial charge in [-0.3, -0.25) is 0 Å². The van der Waals surface area contributed by atoms with Crippen molar-refractivity contribution in [2.24, 2.45) is 0 Å². The van der Waals surface area contributed by atoms with Crippen molar-refractivity contribution < 1.29 is 35.2 Å². The second kappa shape index (κ2) is 18.4. The van der Waals surface area contributed by atoms with Crippen molar-refractivity contribution in [3.05, 3.63) is 12.2 Å². The Morgan fingerprint density at radius 3 is 1.60 bits per heavy atom. The van der Waals surface area contributed by atoms with Crippen LogP contribution in [0.4, 0.5) is 0 Å². The Morgan fingerprint density at radius 1 is 0.721 bits per heavy atom. The lowest BCUT2D eigenvalue weighted by Crippen LogP contribution is -2.58. The van der Waals surface area contributed by atoms with Gasteiger partial charge in [-0.25, -0.2) is 4.79 Å². The molecule has 0 aromatic heterocycles. The smallest absolute Gasteiger partial charge is 0.333 e. The molecule has 0 spiro atoms. The molecule has 256 valence electrons. The van der Waals surface area contributed by atoms with Crippen molar-refractivity contribution in [1.29, 1.82) is 0 Å². The van der Waals surface area contributed by atoms with Gasteiger partial charge in [0.1, 0.15) is 6.54 Å². The lowest BCUT2D eigenvalue weighted by atomic mass is 10.2. The van der Waals surface area contributed by atoms with Crippen LogP contribution < -0.4 is 0 Å². The topological polar surface area (TPSA) is 72.5 Å². The van der Waals surface area contributed by atoms with Crippen molar-refractivity contribution in [2.75, 3.05) is 40.4 Å². The molecule has 8 nitrogen and oxygen atoms in total. The van der Waals surface area contributed by atoms with E-state index in [1.165, 1.54) is 12.8 Å². The van der Waals surface area contributed by atoms with Crippen LogP contribution >= 0.6 is 0 Å². The molecule has 0 amide bonds. The van der Waals surface area contributed by atoms with E-state index in [9.17, 15) is 4.79 Å². The highest BCUT2D eigenvalue weighted by atomic mass is 28.5. The Hall–Kier alpha value is 0.0544. The van der Waals surface area contributed by atoms with Crippen molar-refractivity contribution in [2.45, 2.75) is 137 Å². The summed E-state index contributed by atoms with van der Waals surface area (Å²) in [6.45, 7) is 34.6. The third-order valence-corrected chi connectivity index (χ3v) is 26.3. The highest BCUT2D eigenvalue weighted by Gasteiger charge is 2.45. The number of quaternary nitrogens is 1. The van der Waals surface area contributed by atoms with E-state index in [0.29, 0.717) is 25.3 Å². The molecule has 0 rings (SSSR count). The third kappa shape index (κ3) is 21.5. The van der Waals surface area contributed by atoms with E-state index in [0.717, 1.165) is 42.4 Å². The number of likely N-dealkylation sites (N-methyl/N-ethyl adjacent to an activating group) is 1. The molecule has 0 saturated heterocycles. The second-order valence-corrected chi connectivity index (χ2v) is 35.1. The van der Waals surface area contributed by atoms with Gasteiger partial charge < -0.3 is 30.4 Å². The minimum Gasteiger partial charge on any atom is -0.451 e. The molecule has 13 heteroatoms. The van der Waals surface area contributed by atoms with Crippen LogP contribution in [0.25, 0.3) is 0 Å². The number of esters is 1. The molecule has 0 aliphatic heterocycles. The number of rotatable bonds is 24. The van der Waals surface area contributed by atoms with Gasteiger partial charge in [-0.1, -0.05) is 39.7 Å². The monoisotopic (exact) mass is 696 g/mol. The molecule has 1 atom stereocenters. The largest absolute Gasteiger partial charge is 0.451 e. The summed E-state index contributed by atoms with van der Waals surface area (Å²) in [6.07, 6.45) is 5.26. The zero-order valence-corrected chi connectivity index (χ0v) is 35.9. The molecular weight excluding hydrogens is 627 g/mol. The van der Waals surface area contributed by atoms with E-state index in [1.54, 1.807) is 6.92 Å². The number of ether oxygens (including phenoxy) is 2. The molecule has 1 unspecified atom stereocenters. The number of unbranched alkanes of at least 4 members (excludes halogenated alkanes) is 2. The fourth-order valence-corrected chi connectivity index (χ4v) is 30.5. The van der Waals surface area contributed by atoms with E-state index in [2.05, 4.69) is 100.0 Å². The Bertz CT molecular complexity index is 851. The van der Waals surface area contributed by atoms with Gasteiger partial charge >= 0.3 is 31.7 Å². The Morgan fingerprint density at radius 2 is 1.16 bits per heavy atom. The van der Waals surface area contributed by atoms with Gasteiger partial charge in [-0.2, -0.15) is 0 Å². The molecule has 0 aromatic rings. The van der Waals surface area contributed by atoms with Gasteiger partial charge in [0.05, 0.1) is 27.2 Å². The quantitative estimate of drug-likeness (QED) is 0.0332. The lowest BCUT2D eigenvalue weighted by molar-refractivity contribution is -0.893. The molecule has 0 aromatic carbocycles. The summed E-state index contributed by atoms with van der Waals surface area (Å²) < 4.78 is 39.5. The SMILES string of the molecule is C=C(C)C(=O)OC(COCCC[Si](C)(C)O[Si](C)(C)O[Si](C)(C)O[Si](C)(C)O[Si](C)(C)CCCC)C[N+](C)(C)CCCC. The molecule has 0 fully saturated rings. The predicted molar refractivity (Wildman–Crippen MR) is 193 cm³/mol. The maximum absolute atomic E-state index is 12.3. The summed E-state index contributed by atoms with van der Waals surface area (Å²) in [4.78, 5) is 12.3. The van der Waals surface area contributed by atoms with E-state index < -0.39 is 42.3 Å². The van der Waals surface area contributed by atoms with Gasteiger partial charge in [0.25, 0.3) is 0 Å². The molecule has 0 aliphatic carbocycles. The van der Waals surface area contributed by atoms with Crippen LogP contribution in [-0.2, 0) is 30.7 Å². The maximum atomic E-state index is 12.3. The molecule has 43 heavy (non-hydrogen) atoms. The molecule has 0 N–H and O–H groups in total. The number of nitrogens with zero attached hydrogens (tertiary/aromatic N) is 1. The Labute approximate surface area is 271 Å². The summed E-state index contributed by atoms with van der Waals surface area (Å²) >= 11 is 0. The van der Waals surface area contributed by atoms with Gasteiger partial charge in [0, 0.05) is 12.2 Å². The first kappa shape index (κ1) is 43.1. The molecule has 0 heterocycles. The van der Waals surface area contributed by atoms with Crippen molar-refractivity contribution in [3.8, 4) is 0 Å². The summed E-state index contributed by atoms with van der Waals surface area (Å²) in [5, 5.41) is 0. The van der Waals surface area contributed by atoms with Gasteiger partial charge in [0.2, 0.25) is 0 Å². The number of carbonyl (C=O) groups excluding carboxylic acids is 1. The molecular formula is C30H70NO7Si5+. The fourth-order valence-electron chi connectivity index (χ4n) is 5.70. The zero-order chi connectivity index (χ0) is 33.8. The summed E-state index contributed by atoms with van der Waals surface area (Å²) in [5.74, 6) is -0.353. The van der Waals surface area contributed by atoms with Gasteiger partial charge in [-0.15, -0.1) is 0 Å². The zero-order valence-electron chi connectivity index (χ0n) is 30.9. The van der Waals surface area contributed by atoms with Crippen molar-refractivity contribution in [1.82, 2.24) is 0 Å². The van der Waals surface area contributed by atoms with E-state index in [4.69, 9.17) is 25.9 Å². The van der Waals surface area contributed by atoms with Crippen LogP contribution in [0.2, 0.25) is 77.6 Å². The predicted octanol–water partition coefficient (Wildman–Crippen LogP) is 8.14. The van der Waals surface area contributed by atoms with Gasteiger partial charge in [0.15, 0.2) is 22.7 Å². The molecule has 0 saturated carbocycles. The first-order chi connectivity index (χ1) is 19.4. The minimum atomic E-state index is -2.47. The average Bonchev–Trinajstić information content (AvgIpc) is 2.77. The van der Waals surface area contributed by atoms with E-state index >= 15 is 0 Å². The average molecular weight is 697 g/mol. The lowest BCUT2D eigenvalue weighted by Gasteiger charge is -2.42. The highest BCUT2D eigenvalue weighted by Crippen LogP contribution is 2.28. The Kier molecular flexibility index (Phi) is 18.4. The molecule has 0 radical (unpaired) electrons. The van der Waals surface area contributed by atoms with Crippen LogP contribution in [0.15, 0.2) is 12.2 Å². The second-order valence-electron chi connectivity index (χ2n) is 15.4. The standard InChI is InChI=1S/C30H70NO7Si5/c1-17-19-22-31(5,6)26-29(34-30(32)28(3)4)27-33-23-21-25-40(9,10)36-42(13,14)38-43(15,16)37-41(11,12)35-39(7,8)24-20-18-2/h29H,3,17-27H2,1-2,4-16H3/q+1. The van der Waals surface area contributed by atoms with Crippen LogP contribution in [0.1, 0.15) is 52.9 Å². The van der Waals surface area contributed by atoms with Crippen LogP contribution in [0.5, 0.6) is 0 Å². The normalized spacial score (nSPS) is 14.6. The van der Waals surface area contributed by atoms with Crippen LogP contribution in [0, 0.1) is 0 Å². The summed E-state index contributed by atoms with van der Waals surface area (Å²) in [6, 6.07) is 2.12. The minimum absolute atomic E-state index is 0.304. The Balaban J connectivity index is 4.98. The van der Waals surface area contributed by atoms with Gasteiger partial charge in [-0.05, 0) is 97.3 Å². The first-order valence-corrected chi connectivity index (χ1v) is 31.1.